The number of aliphatic hydroxyl groups excluding tert-OH is 1. The zero-order valence-corrected chi connectivity index (χ0v) is 9.49. The molecule has 1 rings (SSSR count). The summed E-state index contributed by atoms with van der Waals surface area (Å²) in [4.78, 5) is 0. The molecule has 0 unspecified atom stereocenters. The SMILES string of the molecule is COc1ccc([C@H](N)[C@@H](C)O)cc1O.Cl. The Hall–Kier alpha value is -0.970. The number of methoxy groups -OCH3 is 1. The molecule has 4 nitrogen and oxygen atoms in total. The van der Waals surface area contributed by atoms with Crippen LogP contribution in [0.15, 0.2) is 18.2 Å². The monoisotopic (exact) mass is 233 g/mol. The first-order chi connectivity index (χ1) is 6.56. The molecule has 5 heteroatoms. The van der Waals surface area contributed by atoms with E-state index in [1.54, 1.807) is 19.1 Å². The summed E-state index contributed by atoms with van der Waals surface area (Å²) >= 11 is 0. The topological polar surface area (TPSA) is 75.7 Å². The van der Waals surface area contributed by atoms with E-state index >= 15 is 0 Å². The number of hydrogen-bond acceptors (Lipinski definition) is 4. The van der Waals surface area contributed by atoms with Gasteiger partial charge in [0.15, 0.2) is 11.5 Å². The summed E-state index contributed by atoms with van der Waals surface area (Å²) in [7, 11) is 1.48. The second-order valence-electron chi connectivity index (χ2n) is 3.20. The fourth-order valence-electron chi connectivity index (χ4n) is 1.19. The molecule has 0 aromatic heterocycles. The predicted octanol–water partition coefficient (Wildman–Crippen LogP) is 1.20. The fraction of sp³-hybridized carbons (Fsp3) is 0.400. The normalized spacial score (nSPS) is 13.9. The third-order valence-electron chi connectivity index (χ3n) is 2.11. The molecule has 2 atom stereocenters. The molecular formula is C10H16ClNO3. The van der Waals surface area contributed by atoms with Gasteiger partial charge < -0.3 is 20.7 Å². The van der Waals surface area contributed by atoms with Crippen LogP contribution in [0.1, 0.15) is 18.5 Å². The van der Waals surface area contributed by atoms with Gasteiger partial charge in [0.05, 0.1) is 19.3 Å². The summed E-state index contributed by atoms with van der Waals surface area (Å²) < 4.78 is 4.89. The Morgan fingerprint density at radius 3 is 2.40 bits per heavy atom. The molecular weight excluding hydrogens is 218 g/mol. The number of benzene rings is 1. The maximum atomic E-state index is 9.46. The van der Waals surface area contributed by atoms with Crippen molar-refractivity contribution < 1.29 is 14.9 Å². The van der Waals surface area contributed by atoms with E-state index < -0.39 is 12.1 Å². The van der Waals surface area contributed by atoms with Gasteiger partial charge in [-0.1, -0.05) is 6.07 Å². The molecule has 0 radical (unpaired) electrons. The molecule has 86 valence electrons. The second kappa shape index (κ2) is 5.80. The maximum absolute atomic E-state index is 9.46. The molecule has 15 heavy (non-hydrogen) atoms. The van der Waals surface area contributed by atoms with Crippen LogP contribution >= 0.6 is 12.4 Å². The van der Waals surface area contributed by atoms with Gasteiger partial charge in [0.25, 0.3) is 0 Å². The average Bonchev–Trinajstić information content (AvgIpc) is 2.16. The number of rotatable bonds is 3. The van der Waals surface area contributed by atoms with Crippen LogP contribution in [0.25, 0.3) is 0 Å². The number of nitrogens with two attached hydrogens (primary N) is 1. The number of phenols is 1. The molecule has 0 aliphatic heterocycles. The summed E-state index contributed by atoms with van der Waals surface area (Å²) in [6.07, 6.45) is -0.650. The predicted molar refractivity (Wildman–Crippen MR) is 60.5 cm³/mol. The van der Waals surface area contributed by atoms with E-state index in [1.165, 1.54) is 13.2 Å². The van der Waals surface area contributed by atoms with E-state index in [-0.39, 0.29) is 18.2 Å². The molecule has 0 amide bonds. The van der Waals surface area contributed by atoms with Gasteiger partial charge in [0, 0.05) is 0 Å². The van der Waals surface area contributed by atoms with Gasteiger partial charge in [-0.15, -0.1) is 12.4 Å². The molecule has 1 aromatic rings. The van der Waals surface area contributed by atoms with Crippen LogP contribution in [0.5, 0.6) is 11.5 Å². The summed E-state index contributed by atoms with van der Waals surface area (Å²) in [5.74, 6) is 0.424. The van der Waals surface area contributed by atoms with E-state index in [9.17, 15) is 10.2 Å². The first-order valence-electron chi connectivity index (χ1n) is 4.36. The molecule has 0 aliphatic rings. The van der Waals surface area contributed by atoms with Crippen LogP contribution in [0.4, 0.5) is 0 Å². The maximum Gasteiger partial charge on any atom is 0.160 e. The molecule has 0 fully saturated rings. The van der Waals surface area contributed by atoms with Gasteiger partial charge in [-0.3, -0.25) is 0 Å². The van der Waals surface area contributed by atoms with Crippen molar-refractivity contribution in [2.45, 2.75) is 19.1 Å². The first-order valence-corrected chi connectivity index (χ1v) is 4.36. The zero-order valence-electron chi connectivity index (χ0n) is 8.68. The van der Waals surface area contributed by atoms with E-state index in [0.29, 0.717) is 11.3 Å². The Bertz CT molecular complexity index is 318. The van der Waals surface area contributed by atoms with Crippen molar-refractivity contribution in [1.29, 1.82) is 0 Å². The zero-order chi connectivity index (χ0) is 10.7. The van der Waals surface area contributed by atoms with Gasteiger partial charge in [-0.2, -0.15) is 0 Å². The Labute approximate surface area is 95.1 Å². The largest absolute Gasteiger partial charge is 0.504 e. The van der Waals surface area contributed by atoms with E-state index in [1.807, 2.05) is 0 Å². The van der Waals surface area contributed by atoms with E-state index in [4.69, 9.17) is 10.5 Å². The van der Waals surface area contributed by atoms with Gasteiger partial charge >= 0.3 is 0 Å². The lowest BCUT2D eigenvalue weighted by atomic mass is 10.0. The molecule has 0 heterocycles. The van der Waals surface area contributed by atoms with Crippen molar-refractivity contribution in [3.05, 3.63) is 23.8 Å². The van der Waals surface area contributed by atoms with Crippen LogP contribution in [0.2, 0.25) is 0 Å². The lowest BCUT2D eigenvalue weighted by molar-refractivity contribution is 0.164. The van der Waals surface area contributed by atoms with E-state index in [2.05, 4.69) is 0 Å². The summed E-state index contributed by atoms with van der Waals surface area (Å²) in [5, 5.41) is 18.7. The number of aromatic hydroxyl groups is 1. The summed E-state index contributed by atoms with van der Waals surface area (Å²) in [6.45, 7) is 1.60. The van der Waals surface area contributed by atoms with Crippen LogP contribution in [0.3, 0.4) is 0 Å². The third kappa shape index (κ3) is 3.27. The minimum atomic E-state index is -0.650. The number of hydrogen-bond donors (Lipinski definition) is 3. The second-order valence-corrected chi connectivity index (χ2v) is 3.20. The van der Waals surface area contributed by atoms with Crippen molar-refractivity contribution in [3.63, 3.8) is 0 Å². The fourth-order valence-corrected chi connectivity index (χ4v) is 1.19. The number of aliphatic hydroxyl groups is 1. The molecule has 0 saturated heterocycles. The highest BCUT2D eigenvalue weighted by molar-refractivity contribution is 5.85. The Morgan fingerprint density at radius 1 is 1.40 bits per heavy atom. The van der Waals surface area contributed by atoms with Gasteiger partial charge in [-0.05, 0) is 24.6 Å². The third-order valence-corrected chi connectivity index (χ3v) is 2.11. The van der Waals surface area contributed by atoms with Crippen LogP contribution in [-0.2, 0) is 0 Å². The first kappa shape index (κ1) is 14.0. The Morgan fingerprint density at radius 2 is 2.00 bits per heavy atom. The molecule has 0 aliphatic carbocycles. The van der Waals surface area contributed by atoms with Crippen LogP contribution in [0, 0.1) is 0 Å². The average molecular weight is 234 g/mol. The Balaban J connectivity index is 0.00000196. The van der Waals surface area contributed by atoms with Crippen molar-refractivity contribution in [2.75, 3.05) is 7.11 Å². The highest BCUT2D eigenvalue weighted by Crippen LogP contribution is 2.28. The summed E-state index contributed by atoms with van der Waals surface area (Å²) in [5.41, 5.74) is 6.38. The van der Waals surface area contributed by atoms with Crippen LogP contribution < -0.4 is 10.5 Å². The van der Waals surface area contributed by atoms with Crippen molar-refractivity contribution in [3.8, 4) is 11.5 Å². The molecule has 1 aromatic carbocycles. The lowest BCUT2D eigenvalue weighted by Gasteiger charge is -2.15. The van der Waals surface area contributed by atoms with Crippen molar-refractivity contribution >= 4 is 12.4 Å². The minimum Gasteiger partial charge on any atom is -0.504 e. The van der Waals surface area contributed by atoms with Crippen molar-refractivity contribution in [2.24, 2.45) is 5.73 Å². The number of ether oxygens (including phenoxy) is 1. The van der Waals surface area contributed by atoms with E-state index in [0.717, 1.165) is 0 Å². The highest BCUT2D eigenvalue weighted by atomic mass is 35.5. The lowest BCUT2D eigenvalue weighted by Crippen LogP contribution is -2.22. The van der Waals surface area contributed by atoms with Gasteiger partial charge in [0.2, 0.25) is 0 Å². The molecule has 0 bridgehead atoms. The quantitative estimate of drug-likeness (QED) is 0.734. The highest BCUT2D eigenvalue weighted by Gasteiger charge is 2.13. The number of halogens is 1. The molecule has 4 N–H and O–H groups in total. The molecule has 0 saturated carbocycles. The minimum absolute atomic E-state index is 0. The molecule has 0 spiro atoms. The number of phenolic OH excluding ortho intramolecular Hbond substituents is 1. The van der Waals surface area contributed by atoms with Crippen molar-refractivity contribution in [1.82, 2.24) is 0 Å². The van der Waals surface area contributed by atoms with Gasteiger partial charge in [0.1, 0.15) is 0 Å². The van der Waals surface area contributed by atoms with Crippen LogP contribution in [-0.4, -0.2) is 23.4 Å². The smallest absolute Gasteiger partial charge is 0.160 e. The van der Waals surface area contributed by atoms with Gasteiger partial charge in [-0.25, -0.2) is 0 Å². The summed E-state index contributed by atoms with van der Waals surface area (Å²) in [6, 6.07) is 4.34. The standard InChI is InChI=1S/C10H15NO3.ClH/c1-6(12)10(11)7-3-4-9(14-2)8(13)5-7;/h3-6,10,12-13H,11H2,1-2H3;1H/t6-,10-;/m1./s1. The Kier molecular flexibility index (Phi) is 5.43.